The van der Waals surface area contributed by atoms with E-state index in [9.17, 15) is 0 Å². The van der Waals surface area contributed by atoms with Crippen molar-refractivity contribution in [3.05, 3.63) is 45.8 Å². The normalized spacial score (nSPS) is 18.3. The molecule has 3 heterocycles. The molecule has 0 aliphatic carbocycles. The first-order valence-electron chi connectivity index (χ1n) is 7.59. The summed E-state index contributed by atoms with van der Waals surface area (Å²) in [7, 11) is 3.92. The first-order chi connectivity index (χ1) is 11.0. The SMILES string of the molecule is CN(C)c1ccc(C2CCCN2Cc2ncc(Cl)cc2Cl)nn1. The lowest BCUT2D eigenvalue weighted by Crippen LogP contribution is -2.24. The van der Waals surface area contributed by atoms with Crippen LogP contribution in [0.3, 0.4) is 0 Å². The molecule has 0 saturated carbocycles. The quantitative estimate of drug-likeness (QED) is 0.842. The topological polar surface area (TPSA) is 45.2 Å². The number of hydrogen-bond acceptors (Lipinski definition) is 5. The van der Waals surface area contributed by atoms with Gasteiger partial charge in [0.2, 0.25) is 0 Å². The van der Waals surface area contributed by atoms with Gasteiger partial charge in [-0.05, 0) is 37.6 Å². The van der Waals surface area contributed by atoms with Crippen molar-refractivity contribution in [3.8, 4) is 0 Å². The van der Waals surface area contributed by atoms with E-state index >= 15 is 0 Å². The van der Waals surface area contributed by atoms with Crippen molar-refractivity contribution >= 4 is 29.0 Å². The molecular formula is C16H19Cl2N5. The summed E-state index contributed by atoms with van der Waals surface area (Å²) in [6.45, 7) is 1.69. The lowest BCUT2D eigenvalue weighted by Gasteiger charge is -2.24. The summed E-state index contributed by atoms with van der Waals surface area (Å²) >= 11 is 12.2. The molecule has 2 aromatic rings. The number of likely N-dealkylation sites (tertiary alicyclic amines) is 1. The second-order valence-corrected chi connectivity index (χ2v) is 6.77. The molecule has 0 amide bonds. The standard InChI is InChI=1S/C16H19Cl2N5/c1-22(2)16-6-5-13(20-21-16)15-4-3-7-23(15)10-14-12(18)8-11(17)9-19-14/h5-6,8-9,15H,3-4,7,10H2,1-2H3. The number of nitrogens with zero attached hydrogens (tertiary/aromatic N) is 5. The molecule has 2 aromatic heterocycles. The molecule has 0 N–H and O–H groups in total. The Morgan fingerprint density at radius 1 is 1.26 bits per heavy atom. The number of pyridine rings is 1. The molecule has 1 fully saturated rings. The minimum Gasteiger partial charge on any atom is -0.361 e. The van der Waals surface area contributed by atoms with E-state index in [1.54, 1.807) is 12.3 Å². The Morgan fingerprint density at radius 3 is 2.74 bits per heavy atom. The number of aromatic nitrogens is 3. The first kappa shape index (κ1) is 16.4. The molecule has 7 heteroatoms. The van der Waals surface area contributed by atoms with Crippen molar-refractivity contribution in [2.45, 2.75) is 25.4 Å². The molecule has 1 atom stereocenters. The van der Waals surface area contributed by atoms with Gasteiger partial charge in [-0.15, -0.1) is 5.10 Å². The largest absolute Gasteiger partial charge is 0.361 e. The van der Waals surface area contributed by atoms with Gasteiger partial charge in [0, 0.05) is 26.8 Å². The summed E-state index contributed by atoms with van der Waals surface area (Å²) in [5.74, 6) is 0.862. The fourth-order valence-electron chi connectivity index (χ4n) is 2.85. The highest BCUT2D eigenvalue weighted by Crippen LogP contribution is 2.33. The molecule has 1 aliphatic heterocycles. The summed E-state index contributed by atoms with van der Waals surface area (Å²) < 4.78 is 0. The molecule has 122 valence electrons. The summed E-state index contributed by atoms with van der Waals surface area (Å²) in [5.41, 5.74) is 1.85. The highest BCUT2D eigenvalue weighted by molar-refractivity contribution is 6.34. The number of hydrogen-bond donors (Lipinski definition) is 0. The molecule has 3 rings (SSSR count). The van der Waals surface area contributed by atoms with E-state index in [4.69, 9.17) is 23.2 Å². The molecule has 0 aromatic carbocycles. The average molecular weight is 352 g/mol. The van der Waals surface area contributed by atoms with E-state index in [0.29, 0.717) is 16.6 Å². The lowest BCUT2D eigenvalue weighted by atomic mass is 10.1. The smallest absolute Gasteiger partial charge is 0.150 e. The van der Waals surface area contributed by atoms with Crippen molar-refractivity contribution in [1.82, 2.24) is 20.1 Å². The molecule has 1 aliphatic rings. The summed E-state index contributed by atoms with van der Waals surface area (Å²) in [6, 6.07) is 6.06. The van der Waals surface area contributed by atoms with Gasteiger partial charge in [0.1, 0.15) is 0 Å². The second-order valence-electron chi connectivity index (χ2n) is 5.92. The molecule has 5 nitrogen and oxygen atoms in total. The van der Waals surface area contributed by atoms with Crippen LogP contribution in [0.4, 0.5) is 5.82 Å². The van der Waals surface area contributed by atoms with Gasteiger partial charge < -0.3 is 4.90 Å². The number of rotatable bonds is 4. The van der Waals surface area contributed by atoms with Crippen LogP contribution in [-0.4, -0.2) is 40.7 Å². The Morgan fingerprint density at radius 2 is 2.09 bits per heavy atom. The molecule has 0 bridgehead atoms. The van der Waals surface area contributed by atoms with Crippen molar-refractivity contribution in [2.75, 3.05) is 25.5 Å². The van der Waals surface area contributed by atoms with E-state index in [1.165, 1.54) is 0 Å². The monoisotopic (exact) mass is 351 g/mol. The van der Waals surface area contributed by atoms with Crippen LogP contribution in [0, 0.1) is 0 Å². The molecule has 1 saturated heterocycles. The zero-order valence-corrected chi connectivity index (χ0v) is 14.7. The van der Waals surface area contributed by atoms with Crippen molar-refractivity contribution in [2.24, 2.45) is 0 Å². The predicted octanol–water partition coefficient (Wildman–Crippen LogP) is 3.58. The summed E-state index contributed by atoms with van der Waals surface area (Å²) in [4.78, 5) is 8.65. The fourth-order valence-corrected chi connectivity index (χ4v) is 3.29. The van der Waals surface area contributed by atoms with Crippen LogP contribution in [0.2, 0.25) is 10.0 Å². The second kappa shape index (κ2) is 6.99. The van der Waals surface area contributed by atoms with Gasteiger partial charge in [0.05, 0.1) is 27.5 Å². The highest BCUT2D eigenvalue weighted by atomic mass is 35.5. The Balaban J connectivity index is 1.77. The van der Waals surface area contributed by atoms with Crippen LogP contribution >= 0.6 is 23.2 Å². The van der Waals surface area contributed by atoms with Crippen LogP contribution in [0.15, 0.2) is 24.4 Å². The van der Waals surface area contributed by atoms with Gasteiger partial charge in [-0.1, -0.05) is 23.2 Å². The predicted molar refractivity (Wildman–Crippen MR) is 93.0 cm³/mol. The molecule has 23 heavy (non-hydrogen) atoms. The van der Waals surface area contributed by atoms with Crippen molar-refractivity contribution < 1.29 is 0 Å². The van der Waals surface area contributed by atoms with Crippen LogP contribution in [0.1, 0.15) is 30.3 Å². The van der Waals surface area contributed by atoms with Crippen LogP contribution in [-0.2, 0) is 6.54 Å². The van der Waals surface area contributed by atoms with E-state index in [-0.39, 0.29) is 6.04 Å². The van der Waals surface area contributed by atoms with E-state index < -0.39 is 0 Å². The average Bonchev–Trinajstić information content (AvgIpc) is 2.98. The highest BCUT2D eigenvalue weighted by Gasteiger charge is 2.28. The minimum absolute atomic E-state index is 0.257. The lowest BCUT2D eigenvalue weighted by molar-refractivity contribution is 0.240. The third kappa shape index (κ3) is 3.74. The molecule has 0 spiro atoms. The number of anilines is 1. The maximum absolute atomic E-state index is 6.25. The van der Waals surface area contributed by atoms with Gasteiger partial charge in [-0.3, -0.25) is 9.88 Å². The first-order valence-corrected chi connectivity index (χ1v) is 8.35. The zero-order chi connectivity index (χ0) is 16.4. The minimum atomic E-state index is 0.257. The van der Waals surface area contributed by atoms with Crippen molar-refractivity contribution in [1.29, 1.82) is 0 Å². The third-order valence-electron chi connectivity index (χ3n) is 4.07. The Bertz CT molecular complexity index is 675. The van der Waals surface area contributed by atoms with Crippen LogP contribution in [0.25, 0.3) is 0 Å². The Hall–Kier alpha value is -1.43. The molecule has 0 radical (unpaired) electrons. The number of halogens is 2. The Labute approximate surface area is 146 Å². The third-order valence-corrected chi connectivity index (χ3v) is 4.61. The Kier molecular flexibility index (Phi) is 4.99. The molecule has 1 unspecified atom stereocenters. The van der Waals surface area contributed by atoms with E-state index in [0.717, 1.165) is 36.6 Å². The van der Waals surface area contributed by atoms with Crippen LogP contribution < -0.4 is 4.90 Å². The summed E-state index contributed by atoms with van der Waals surface area (Å²) in [5, 5.41) is 9.85. The maximum atomic E-state index is 6.25. The zero-order valence-electron chi connectivity index (χ0n) is 13.2. The van der Waals surface area contributed by atoms with Gasteiger partial charge in [-0.25, -0.2) is 0 Å². The van der Waals surface area contributed by atoms with Gasteiger partial charge >= 0.3 is 0 Å². The van der Waals surface area contributed by atoms with E-state index in [1.807, 2.05) is 25.1 Å². The van der Waals surface area contributed by atoms with Crippen LogP contribution in [0.5, 0.6) is 0 Å². The van der Waals surface area contributed by atoms with E-state index in [2.05, 4.69) is 26.1 Å². The van der Waals surface area contributed by atoms with Gasteiger partial charge in [-0.2, -0.15) is 5.10 Å². The van der Waals surface area contributed by atoms with Crippen molar-refractivity contribution in [3.63, 3.8) is 0 Å². The fraction of sp³-hybridized carbons (Fsp3) is 0.438. The molecular weight excluding hydrogens is 333 g/mol. The maximum Gasteiger partial charge on any atom is 0.150 e. The summed E-state index contributed by atoms with van der Waals surface area (Å²) in [6.07, 6.45) is 3.84. The van der Waals surface area contributed by atoms with Gasteiger partial charge in [0.25, 0.3) is 0 Å². The van der Waals surface area contributed by atoms with Gasteiger partial charge in [0.15, 0.2) is 5.82 Å².